The van der Waals surface area contributed by atoms with Gasteiger partial charge in [0.25, 0.3) is 6.71 Å². The molecular formula is C64H56BN5. The highest BCUT2D eigenvalue weighted by Gasteiger charge is 2.45. The van der Waals surface area contributed by atoms with Gasteiger partial charge in [-0.3, -0.25) is 4.90 Å². The van der Waals surface area contributed by atoms with Crippen molar-refractivity contribution in [2.24, 2.45) is 0 Å². The van der Waals surface area contributed by atoms with E-state index in [1.165, 1.54) is 38.9 Å². The van der Waals surface area contributed by atoms with Crippen LogP contribution >= 0.6 is 0 Å². The molecule has 4 heterocycles. The van der Waals surface area contributed by atoms with Crippen LogP contribution in [-0.4, -0.2) is 11.1 Å². The molecular weight excluding hydrogens is 850 g/mol. The van der Waals surface area contributed by atoms with Gasteiger partial charge in [0.1, 0.15) is 5.82 Å². The summed E-state index contributed by atoms with van der Waals surface area (Å²) in [5.41, 5.74) is 20.1. The van der Waals surface area contributed by atoms with Crippen LogP contribution in [0.15, 0.2) is 231 Å². The highest BCUT2D eigenvalue weighted by atomic mass is 15.3. The zero-order valence-electron chi connectivity index (χ0n) is 40.8. The van der Waals surface area contributed by atoms with E-state index >= 15 is 0 Å². The second-order valence-corrected chi connectivity index (χ2v) is 20.8. The maximum Gasteiger partial charge on any atom is 0.254 e. The van der Waals surface area contributed by atoms with Crippen molar-refractivity contribution in [1.29, 1.82) is 0 Å². The van der Waals surface area contributed by atoms with Crippen molar-refractivity contribution < 1.29 is 0 Å². The first-order valence-electron chi connectivity index (χ1n) is 24.5. The number of hydrogen-bond donors (Lipinski definition) is 0. The Bertz CT molecular complexity index is 3410. The fourth-order valence-electron chi connectivity index (χ4n) is 10.8. The van der Waals surface area contributed by atoms with Crippen LogP contribution in [0, 0.1) is 0 Å². The molecule has 0 spiro atoms. The minimum Gasteiger partial charge on any atom is -0.311 e. The van der Waals surface area contributed by atoms with E-state index in [1.54, 1.807) is 0 Å². The summed E-state index contributed by atoms with van der Waals surface area (Å²) in [5, 5.41) is 0. The standard InChI is InChI=1S/C64H56BN5/c1-63(2,3)45-30-34-51(35-31-45)68(52-36-32-46(33-37-52)64(4,5)6)53-38-39-56-60(44-53)69(49-24-15-9-16-25-49)58-28-19-29-59-61(58)65(56)57-43-55-42-54(40-41-66(55)62(57)70(59)50-26-17-10-18-27-50)67(47-20-11-7-12-21-47)48-22-13-8-14-23-48/h7-44H,1-6H3. The molecule has 2 aliphatic rings. The van der Waals surface area contributed by atoms with Crippen molar-refractivity contribution >= 4 is 97.0 Å². The summed E-state index contributed by atoms with van der Waals surface area (Å²) in [4.78, 5) is 9.76. The lowest BCUT2D eigenvalue weighted by atomic mass is 9.34. The Morgan fingerprint density at radius 2 is 0.800 bits per heavy atom. The third-order valence-electron chi connectivity index (χ3n) is 14.2. The van der Waals surface area contributed by atoms with Crippen LogP contribution in [0.1, 0.15) is 52.7 Å². The number of pyridine rings is 1. The molecule has 0 atom stereocenters. The molecule has 2 aliphatic heterocycles. The number of nitrogens with zero attached hydrogens (tertiary/aromatic N) is 5. The molecule has 0 amide bonds. The molecule has 0 bridgehead atoms. The van der Waals surface area contributed by atoms with Gasteiger partial charge in [-0.25, -0.2) is 0 Å². The van der Waals surface area contributed by atoms with E-state index in [1.807, 2.05) is 0 Å². The summed E-state index contributed by atoms with van der Waals surface area (Å²) in [6.45, 7) is 13.6. The molecule has 340 valence electrons. The maximum absolute atomic E-state index is 2.50. The number of fused-ring (bicyclic) bond motifs is 6. The molecule has 6 heteroatoms. The first kappa shape index (κ1) is 43.1. The fraction of sp³-hybridized carbons (Fsp3) is 0.125. The Balaban J connectivity index is 1.09. The van der Waals surface area contributed by atoms with Crippen LogP contribution in [0.3, 0.4) is 0 Å². The molecule has 0 unspecified atom stereocenters. The summed E-state index contributed by atoms with van der Waals surface area (Å²) in [5.74, 6) is 1.15. The second-order valence-electron chi connectivity index (χ2n) is 20.8. The van der Waals surface area contributed by atoms with E-state index in [2.05, 4.69) is 296 Å². The van der Waals surface area contributed by atoms with Crippen LogP contribution < -0.4 is 36.0 Å². The average Bonchev–Trinajstić information content (AvgIpc) is 3.76. The molecule has 10 aromatic rings. The van der Waals surface area contributed by atoms with Gasteiger partial charge in [0.15, 0.2) is 0 Å². The van der Waals surface area contributed by atoms with Gasteiger partial charge < -0.3 is 19.1 Å². The molecule has 0 radical (unpaired) electrons. The molecule has 8 aromatic carbocycles. The Kier molecular flexibility index (Phi) is 10.3. The van der Waals surface area contributed by atoms with Gasteiger partial charge in [-0.05, 0) is 154 Å². The average molecular weight is 906 g/mol. The smallest absolute Gasteiger partial charge is 0.254 e. The number of benzene rings is 8. The van der Waals surface area contributed by atoms with Crippen molar-refractivity contribution in [1.82, 2.24) is 4.40 Å². The zero-order chi connectivity index (χ0) is 47.7. The predicted octanol–water partition coefficient (Wildman–Crippen LogP) is 15.6. The quantitative estimate of drug-likeness (QED) is 0.141. The molecule has 0 fully saturated rings. The summed E-state index contributed by atoms with van der Waals surface area (Å²) < 4.78 is 2.40. The first-order chi connectivity index (χ1) is 34.0. The van der Waals surface area contributed by atoms with E-state index in [0.717, 1.165) is 62.5 Å². The SMILES string of the molecule is CC(C)(C)c1ccc(N(c2ccc(C(C)(C)C)cc2)c2ccc3c(c2)N(c2ccccc2)c2cccc4c2B3c2cc3cc(N(c5ccccc5)c5ccccc5)ccn3c2N4c2ccccc2)cc1. The number of aromatic nitrogens is 1. The maximum atomic E-state index is 2.50. The third-order valence-corrected chi connectivity index (χ3v) is 14.2. The van der Waals surface area contributed by atoms with Gasteiger partial charge in [0, 0.05) is 74.3 Å². The van der Waals surface area contributed by atoms with Crippen LogP contribution in [0.4, 0.5) is 68.4 Å². The summed E-state index contributed by atoms with van der Waals surface area (Å²) in [7, 11) is 0. The third kappa shape index (κ3) is 7.34. The molecule has 70 heavy (non-hydrogen) atoms. The number of para-hydroxylation sites is 4. The molecule has 0 saturated heterocycles. The van der Waals surface area contributed by atoms with Crippen LogP contribution in [-0.2, 0) is 10.8 Å². The van der Waals surface area contributed by atoms with Gasteiger partial charge in [-0.1, -0.05) is 151 Å². The Morgan fingerprint density at radius 1 is 0.357 bits per heavy atom. The van der Waals surface area contributed by atoms with Crippen molar-refractivity contribution in [3.8, 4) is 0 Å². The molecule has 0 aliphatic carbocycles. The van der Waals surface area contributed by atoms with Crippen LogP contribution in [0.2, 0.25) is 0 Å². The minimum absolute atomic E-state index is 0.0372. The Labute approximate surface area is 413 Å². The van der Waals surface area contributed by atoms with Gasteiger partial charge in [0.2, 0.25) is 0 Å². The molecule has 2 aromatic heterocycles. The Hall–Kier alpha value is -8.22. The van der Waals surface area contributed by atoms with Crippen LogP contribution in [0.25, 0.3) is 5.52 Å². The highest BCUT2D eigenvalue weighted by molar-refractivity contribution is 7.00. The van der Waals surface area contributed by atoms with E-state index in [9.17, 15) is 0 Å². The van der Waals surface area contributed by atoms with Gasteiger partial charge >= 0.3 is 0 Å². The fourth-order valence-corrected chi connectivity index (χ4v) is 10.8. The lowest BCUT2D eigenvalue weighted by molar-refractivity contribution is 0.590. The summed E-state index contributed by atoms with van der Waals surface area (Å²) in [6, 6.07) is 82.6. The van der Waals surface area contributed by atoms with Crippen molar-refractivity contribution in [2.45, 2.75) is 52.4 Å². The number of anilines is 12. The van der Waals surface area contributed by atoms with E-state index in [4.69, 9.17) is 0 Å². The molecule has 12 rings (SSSR count). The van der Waals surface area contributed by atoms with E-state index < -0.39 is 0 Å². The zero-order valence-corrected chi connectivity index (χ0v) is 40.8. The number of hydrogen-bond acceptors (Lipinski definition) is 4. The van der Waals surface area contributed by atoms with Crippen LogP contribution in [0.5, 0.6) is 0 Å². The van der Waals surface area contributed by atoms with E-state index in [-0.39, 0.29) is 17.5 Å². The summed E-state index contributed by atoms with van der Waals surface area (Å²) >= 11 is 0. The van der Waals surface area contributed by atoms with Crippen molar-refractivity contribution in [3.05, 3.63) is 242 Å². The van der Waals surface area contributed by atoms with Gasteiger partial charge in [-0.2, -0.15) is 0 Å². The topological polar surface area (TPSA) is 17.4 Å². The Morgan fingerprint density at radius 3 is 1.31 bits per heavy atom. The lowest BCUT2D eigenvalue weighted by Crippen LogP contribution is -2.61. The lowest BCUT2D eigenvalue weighted by Gasteiger charge is -2.43. The normalized spacial score (nSPS) is 12.9. The number of rotatable bonds is 8. The van der Waals surface area contributed by atoms with Crippen molar-refractivity contribution in [2.75, 3.05) is 19.6 Å². The van der Waals surface area contributed by atoms with Crippen molar-refractivity contribution in [3.63, 3.8) is 0 Å². The van der Waals surface area contributed by atoms with Gasteiger partial charge in [-0.15, -0.1) is 0 Å². The second kappa shape index (κ2) is 16.8. The highest BCUT2D eigenvalue weighted by Crippen LogP contribution is 2.47. The van der Waals surface area contributed by atoms with E-state index in [0.29, 0.717) is 0 Å². The molecule has 5 nitrogen and oxygen atoms in total. The largest absolute Gasteiger partial charge is 0.311 e. The predicted molar refractivity (Wildman–Crippen MR) is 298 cm³/mol. The molecule has 0 N–H and O–H groups in total. The minimum atomic E-state index is -0.0570. The van der Waals surface area contributed by atoms with Gasteiger partial charge in [0.05, 0.1) is 0 Å². The summed E-state index contributed by atoms with van der Waals surface area (Å²) in [6.07, 6.45) is 2.27. The molecule has 0 saturated carbocycles. The first-order valence-corrected chi connectivity index (χ1v) is 24.5. The monoisotopic (exact) mass is 905 g/mol.